The summed E-state index contributed by atoms with van der Waals surface area (Å²) in [5.41, 5.74) is 4.36. The van der Waals surface area contributed by atoms with Crippen molar-refractivity contribution < 1.29 is 14.3 Å². The van der Waals surface area contributed by atoms with Gasteiger partial charge in [-0.3, -0.25) is 14.5 Å². The number of anilines is 1. The van der Waals surface area contributed by atoms with E-state index in [1.807, 2.05) is 84.0 Å². The zero-order valence-corrected chi connectivity index (χ0v) is 18.6. The number of nitrogens with zero attached hydrogens (tertiary/aromatic N) is 1. The van der Waals surface area contributed by atoms with Crippen LogP contribution in [-0.2, 0) is 9.59 Å². The van der Waals surface area contributed by atoms with Gasteiger partial charge in [-0.15, -0.1) is 0 Å². The third kappa shape index (κ3) is 4.56. The second kappa shape index (κ2) is 8.74. The molecule has 1 N–H and O–H groups in total. The van der Waals surface area contributed by atoms with Gasteiger partial charge in [0.1, 0.15) is 11.4 Å². The minimum Gasteiger partial charge on any atom is -0.491 e. The summed E-state index contributed by atoms with van der Waals surface area (Å²) in [5.74, 6) is 0.411. The number of amides is 2. The average Bonchev–Trinajstić information content (AvgIpc) is 2.87. The van der Waals surface area contributed by atoms with E-state index >= 15 is 0 Å². The molecule has 0 unspecified atom stereocenters. The number of hydrogen-bond donors (Lipinski definition) is 1. The van der Waals surface area contributed by atoms with E-state index in [0.29, 0.717) is 17.8 Å². The highest BCUT2D eigenvalue weighted by Gasteiger charge is 2.39. The lowest BCUT2D eigenvalue weighted by Gasteiger charge is -2.17. The van der Waals surface area contributed by atoms with E-state index in [1.165, 1.54) is 4.90 Å². The number of aryl methyl sites for hydroxylation is 2. The summed E-state index contributed by atoms with van der Waals surface area (Å²) in [4.78, 5) is 27.8. The van der Waals surface area contributed by atoms with E-state index in [4.69, 9.17) is 4.74 Å². The fourth-order valence-electron chi connectivity index (χ4n) is 3.60. The van der Waals surface area contributed by atoms with Crippen LogP contribution in [0.1, 0.15) is 44.4 Å². The molecule has 1 heterocycles. The van der Waals surface area contributed by atoms with Gasteiger partial charge in [-0.25, -0.2) is 0 Å². The van der Waals surface area contributed by atoms with Crippen LogP contribution in [0.15, 0.2) is 48.2 Å². The van der Waals surface area contributed by atoms with Gasteiger partial charge in [0.25, 0.3) is 11.8 Å². The smallest absolute Gasteiger partial charge is 0.278 e. The van der Waals surface area contributed by atoms with E-state index < -0.39 is 0 Å². The van der Waals surface area contributed by atoms with Gasteiger partial charge in [-0.1, -0.05) is 37.6 Å². The second-order valence-corrected chi connectivity index (χ2v) is 8.50. The molecule has 1 aliphatic heterocycles. The highest BCUT2D eigenvalue weighted by molar-refractivity contribution is 6.36. The highest BCUT2D eigenvalue weighted by atomic mass is 16.5. The molecule has 0 aliphatic carbocycles. The van der Waals surface area contributed by atoms with Crippen LogP contribution in [0.4, 0.5) is 5.69 Å². The zero-order chi connectivity index (χ0) is 22.0. The Morgan fingerprint density at radius 3 is 2.17 bits per heavy atom. The predicted molar refractivity (Wildman–Crippen MR) is 120 cm³/mol. The Bertz CT molecular complexity index is 988. The summed E-state index contributed by atoms with van der Waals surface area (Å²) in [5, 5.41) is 3.21. The fourth-order valence-corrected chi connectivity index (χ4v) is 3.60. The van der Waals surface area contributed by atoms with Gasteiger partial charge in [0, 0.05) is 12.2 Å². The van der Waals surface area contributed by atoms with Crippen LogP contribution < -0.4 is 10.1 Å². The van der Waals surface area contributed by atoms with Crippen molar-refractivity contribution in [1.29, 1.82) is 0 Å². The van der Waals surface area contributed by atoms with E-state index in [0.717, 1.165) is 28.1 Å². The second-order valence-electron chi connectivity index (χ2n) is 8.50. The molecule has 2 aromatic carbocycles. The summed E-state index contributed by atoms with van der Waals surface area (Å²) < 4.78 is 5.69. The number of nitrogens with one attached hydrogen (secondary N) is 1. The van der Waals surface area contributed by atoms with Gasteiger partial charge < -0.3 is 10.1 Å². The van der Waals surface area contributed by atoms with Crippen LogP contribution in [0.25, 0.3) is 5.57 Å². The van der Waals surface area contributed by atoms with E-state index in [9.17, 15) is 9.59 Å². The first-order chi connectivity index (χ1) is 14.2. The molecule has 0 spiro atoms. The Morgan fingerprint density at radius 2 is 1.60 bits per heavy atom. The molecule has 0 bridgehead atoms. The van der Waals surface area contributed by atoms with E-state index in [2.05, 4.69) is 5.32 Å². The highest BCUT2D eigenvalue weighted by Crippen LogP contribution is 2.33. The Kier molecular flexibility index (Phi) is 6.30. The lowest BCUT2D eigenvalue weighted by atomic mass is 9.97. The van der Waals surface area contributed by atoms with Crippen LogP contribution in [-0.4, -0.2) is 29.4 Å². The van der Waals surface area contributed by atoms with Crippen LogP contribution in [0, 0.1) is 19.8 Å². The summed E-state index contributed by atoms with van der Waals surface area (Å²) in [6.07, 6.45) is 0.0845. The lowest BCUT2D eigenvalue weighted by Crippen LogP contribution is -2.35. The van der Waals surface area contributed by atoms with Gasteiger partial charge in [-0.05, 0) is 69.0 Å². The zero-order valence-electron chi connectivity index (χ0n) is 18.6. The van der Waals surface area contributed by atoms with Crippen molar-refractivity contribution in [3.63, 3.8) is 0 Å². The Morgan fingerprint density at radius 1 is 0.933 bits per heavy atom. The molecule has 0 saturated carbocycles. The molecule has 0 radical (unpaired) electrons. The maximum Gasteiger partial charge on any atom is 0.278 e. The molecule has 0 aromatic heterocycles. The van der Waals surface area contributed by atoms with Crippen molar-refractivity contribution in [3.8, 4) is 5.75 Å². The van der Waals surface area contributed by atoms with Crippen molar-refractivity contribution >= 4 is 23.1 Å². The predicted octanol–water partition coefficient (Wildman–Crippen LogP) is 4.94. The van der Waals surface area contributed by atoms with Crippen molar-refractivity contribution in [2.75, 3.05) is 11.9 Å². The normalized spacial score (nSPS) is 14.3. The van der Waals surface area contributed by atoms with Crippen LogP contribution in [0.5, 0.6) is 5.75 Å². The van der Waals surface area contributed by atoms with Gasteiger partial charge in [-0.2, -0.15) is 0 Å². The monoisotopic (exact) mass is 406 g/mol. The van der Waals surface area contributed by atoms with Gasteiger partial charge in [0.15, 0.2) is 0 Å². The molecule has 5 heteroatoms. The van der Waals surface area contributed by atoms with Crippen LogP contribution in [0.3, 0.4) is 0 Å². The average molecular weight is 407 g/mol. The Labute approximate surface area is 178 Å². The summed E-state index contributed by atoms with van der Waals surface area (Å²) >= 11 is 0. The number of imide groups is 1. The molecule has 5 nitrogen and oxygen atoms in total. The largest absolute Gasteiger partial charge is 0.491 e. The molecule has 1 aliphatic rings. The van der Waals surface area contributed by atoms with Gasteiger partial charge >= 0.3 is 0 Å². The number of rotatable bonds is 7. The summed E-state index contributed by atoms with van der Waals surface area (Å²) in [7, 11) is 0. The molecule has 3 rings (SSSR count). The third-order valence-corrected chi connectivity index (χ3v) is 4.86. The van der Waals surface area contributed by atoms with E-state index in [-0.39, 0.29) is 23.8 Å². The lowest BCUT2D eigenvalue weighted by molar-refractivity contribution is -0.137. The standard InChI is InChI=1S/C25H30N2O3/c1-15(2)14-27-24(28)22(21-12-7-17(5)13-18(21)6)23(25(27)29)26-19-8-10-20(11-9-19)30-16(3)4/h7-13,15-16,26H,14H2,1-6H3. The maximum atomic E-state index is 13.3. The molecule has 2 aromatic rings. The Hall–Kier alpha value is -3.08. The topological polar surface area (TPSA) is 58.6 Å². The number of hydrogen-bond acceptors (Lipinski definition) is 4. The number of carbonyl (C=O) groups excluding carboxylic acids is 2. The minimum atomic E-state index is -0.286. The molecular weight excluding hydrogens is 376 g/mol. The molecule has 30 heavy (non-hydrogen) atoms. The first-order valence-electron chi connectivity index (χ1n) is 10.4. The quantitative estimate of drug-likeness (QED) is 0.662. The van der Waals surface area contributed by atoms with Crippen molar-refractivity contribution in [1.82, 2.24) is 4.90 Å². The Balaban J connectivity index is 2.01. The first-order valence-corrected chi connectivity index (χ1v) is 10.4. The molecule has 2 amide bonds. The number of benzene rings is 2. The number of ether oxygens (including phenoxy) is 1. The first kappa shape index (κ1) is 21.6. The summed E-state index contributed by atoms with van der Waals surface area (Å²) in [6.45, 7) is 12.3. The van der Waals surface area contributed by atoms with Crippen molar-refractivity contribution in [3.05, 3.63) is 64.9 Å². The van der Waals surface area contributed by atoms with Crippen molar-refractivity contribution in [2.24, 2.45) is 5.92 Å². The SMILES string of the molecule is Cc1ccc(C2=C(Nc3ccc(OC(C)C)cc3)C(=O)N(CC(C)C)C2=O)c(C)c1. The van der Waals surface area contributed by atoms with Crippen LogP contribution in [0.2, 0.25) is 0 Å². The van der Waals surface area contributed by atoms with E-state index in [1.54, 1.807) is 0 Å². The number of carbonyl (C=O) groups is 2. The van der Waals surface area contributed by atoms with Crippen molar-refractivity contribution in [2.45, 2.75) is 47.6 Å². The maximum absolute atomic E-state index is 13.3. The molecular formula is C25H30N2O3. The van der Waals surface area contributed by atoms with Crippen LogP contribution >= 0.6 is 0 Å². The molecule has 158 valence electrons. The van der Waals surface area contributed by atoms with Gasteiger partial charge in [0.2, 0.25) is 0 Å². The van der Waals surface area contributed by atoms with Gasteiger partial charge in [0.05, 0.1) is 11.7 Å². The minimum absolute atomic E-state index is 0.0845. The molecule has 0 fully saturated rings. The molecule has 0 saturated heterocycles. The molecule has 0 atom stereocenters. The third-order valence-electron chi connectivity index (χ3n) is 4.86. The summed E-state index contributed by atoms with van der Waals surface area (Å²) in [6, 6.07) is 13.3. The fraction of sp³-hybridized carbons (Fsp3) is 0.360.